The van der Waals surface area contributed by atoms with E-state index in [1.807, 2.05) is 6.92 Å². The van der Waals surface area contributed by atoms with E-state index in [0.717, 1.165) is 12.8 Å². The first-order valence-corrected chi connectivity index (χ1v) is 3.65. The lowest BCUT2D eigenvalue weighted by Gasteiger charge is -1.94. The predicted octanol–water partition coefficient (Wildman–Crippen LogP) is 1.48. The van der Waals surface area contributed by atoms with Crippen LogP contribution >= 0.6 is 0 Å². The van der Waals surface area contributed by atoms with Gasteiger partial charge in [-0.2, -0.15) is 0 Å². The van der Waals surface area contributed by atoms with Gasteiger partial charge in [-0.1, -0.05) is 13.3 Å². The van der Waals surface area contributed by atoms with Crippen LogP contribution in [0.25, 0.3) is 0 Å². The molecule has 0 bridgehead atoms. The Hall–Kier alpha value is -0.770. The van der Waals surface area contributed by atoms with Gasteiger partial charge in [0.1, 0.15) is 0 Å². The van der Waals surface area contributed by atoms with Crippen LogP contribution in [0.1, 0.15) is 26.7 Å². The second-order valence-electron chi connectivity index (χ2n) is 1.78. The number of carbonyl (C=O) groups is 1. The molecule has 4 heteroatoms. The summed E-state index contributed by atoms with van der Waals surface area (Å²) in [5, 5.41) is 15.5. The van der Waals surface area contributed by atoms with Crippen molar-refractivity contribution in [3.63, 3.8) is 0 Å². The Bertz CT molecular complexity index is 82.5. The number of ether oxygens (including phenoxy) is 1. The van der Waals surface area contributed by atoms with E-state index in [4.69, 9.17) is 10.2 Å². The van der Waals surface area contributed by atoms with Crippen molar-refractivity contribution in [3.8, 4) is 0 Å². The monoisotopic (exact) mass is 164 g/mol. The topological polar surface area (TPSA) is 66.8 Å². The average Bonchev–Trinajstić information content (AvgIpc) is 1.89. The lowest BCUT2D eigenvalue weighted by atomic mass is 10.4. The Balaban J connectivity index is 0. The highest BCUT2D eigenvalue weighted by Gasteiger charge is 1.91. The van der Waals surface area contributed by atoms with Crippen LogP contribution < -0.4 is 0 Å². The smallest absolute Gasteiger partial charge is 0.450 e. The van der Waals surface area contributed by atoms with Crippen LogP contribution in [0.2, 0.25) is 0 Å². The summed E-state index contributed by atoms with van der Waals surface area (Å²) in [5.41, 5.74) is 0. The van der Waals surface area contributed by atoms with Gasteiger partial charge in [-0.3, -0.25) is 0 Å². The third kappa shape index (κ3) is 27.0. The van der Waals surface area contributed by atoms with Crippen molar-refractivity contribution >= 4 is 6.16 Å². The largest absolute Gasteiger partial charge is 0.505 e. The summed E-state index contributed by atoms with van der Waals surface area (Å²) in [4.78, 5) is 9.65. The molecule has 0 aliphatic heterocycles. The molecule has 0 saturated carbocycles. The molecule has 68 valence electrons. The van der Waals surface area contributed by atoms with Crippen molar-refractivity contribution in [2.24, 2.45) is 0 Å². The highest BCUT2D eigenvalue weighted by atomic mass is 16.7. The molecule has 0 aliphatic carbocycles. The standard InChI is InChI=1S/C5H10O3.C2H6O/c1-2-3-4-8-5(6)7;1-2-3/h2-4H2,1H3,(H,6,7);3H,2H2,1H3. The second-order valence-corrected chi connectivity index (χ2v) is 1.78. The van der Waals surface area contributed by atoms with Gasteiger partial charge in [-0.25, -0.2) is 4.79 Å². The number of unbranched alkanes of at least 4 members (excludes halogenated alkanes) is 1. The van der Waals surface area contributed by atoms with Crippen molar-refractivity contribution in [1.82, 2.24) is 0 Å². The summed E-state index contributed by atoms with van der Waals surface area (Å²) in [7, 11) is 0. The molecule has 0 fully saturated rings. The fraction of sp³-hybridized carbons (Fsp3) is 0.857. The van der Waals surface area contributed by atoms with E-state index >= 15 is 0 Å². The van der Waals surface area contributed by atoms with Crippen LogP contribution in [0.5, 0.6) is 0 Å². The zero-order chi connectivity index (χ0) is 9.11. The molecule has 0 saturated heterocycles. The molecule has 0 radical (unpaired) electrons. The first kappa shape index (κ1) is 12.9. The highest BCUT2D eigenvalue weighted by Crippen LogP contribution is 1.86. The van der Waals surface area contributed by atoms with Gasteiger partial charge in [0.15, 0.2) is 0 Å². The molecule has 0 rings (SSSR count). The van der Waals surface area contributed by atoms with Gasteiger partial charge in [-0.05, 0) is 13.3 Å². The lowest BCUT2D eigenvalue weighted by Crippen LogP contribution is -2.00. The molecule has 0 aromatic rings. The molecule has 0 atom stereocenters. The molecule has 2 N–H and O–H groups in total. The summed E-state index contributed by atoms with van der Waals surface area (Å²) in [5.74, 6) is 0. The van der Waals surface area contributed by atoms with Crippen molar-refractivity contribution in [2.75, 3.05) is 13.2 Å². The number of aliphatic hydroxyl groups excluding tert-OH is 1. The van der Waals surface area contributed by atoms with Crippen molar-refractivity contribution in [2.45, 2.75) is 26.7 Å². The Morgan fingerprint density at radius 2 is 1.91 bits per heavy atom. The molecule has 4 nitrogen and oxygen atoms in total. The summed E-state index contributed by atoms with van der Waals surface area (Å²) >= 11 is 0. The lowest BCUT2D eigenvalue weighted by molar-refractivity contribution is 0.0905. The summed E-state index contributed by atoms with van der Waals surface area (Å²) in [6.45, 7) is 4.23. The molecule has 0 amide bonds. The zero-order valence-electron chi connectivity index (χ0n) is 7.04. The Kier molecular flexibility index (Phi) is 14.0. The van der Waals surface area contributed by atoms with Gasteiger partial charge >= 0.3 is 6.16 Å². The summed E-state index contributed by atoms with van der Waals surface area (Å²) in [6.07, 6.45) is 0.595. The van der Waals surface area contributed by atoms with Crippen molar-refractivity contribution in [3.05, 3.63) is 0 Å². The second kappa shape index (κ2) is 12.0. The summed E-state index contributed by atoms with van der Waals surface area (Å²) < 4.78 is 4.20. The van der Waals surface area contributed by atoms with Gasteiger partial charge in [0.2, 0.25) is 0 Å². The fourth-order valence-corrected chi connectivity index (χ4v) is 0.304. The van der Waals surface area contributed by atoms with Crippen molar-refractivity contribution in [1.29, 1.82) is 0 Å². The SMILES string of the molecule is CCCCOC(=O)O.CCO. The van der Waals surface area contributed by atoms with Gasteiger partial charge in [0, 0.05) is 6.61 Å². The van der Waals surface area contributed by atoms with Crippen LogP contribution in [-0.4, -0.2) is 29.6 Å². The van der Waals surface area contributed by atoms with Gasteiger partial charge in [-0.15, -0.1) is 0 Å². The fourth-order valence-electron chi connectivity index (χ4n) is 0.304. The quantitative estimate of drug-likeness (QED) is 0.489. The van der Waals surface area contributed by atoms with Crippen LogP contribution in [0.4, 0.5) is 4.79 Å². The van der Waals surface area contributed by atoms with E-state index in [9.17, 15) is 4.79 Å². The number of hydrogen-bond donors (Lipinski definition) is 2. The Labute approximate surface area is 66.8 Å². The van der Waals surface area contributed by atoms with E-state index in [1.54, 1.807) is 6.92 Å². The minimum Gasteiger partial charge on any atom is -0.450 e. The van der Waals surface area contributed by atoms with Crippen molar-refractivity contribution < 1.29 is 19.7 Å². The molecule has 0 heterocycles. The van der Waals surface area contributed by atoms with Gasteiger partial charge < -0.3 is 14.9 Å². The molecular weight excluding hydrogens is 148 g/mol. The first-order valence-electron chi connectivity index (χ1n) is 3.65. The molecule has 0 aliphatic rings. The van der Waals surface area contributed by atoms with Gasteiger partial charge in [0.05, 0.1) is 6.61 Å². The Morgan fingerprint density at radius 3 is 2.18 bits per heavy atom. The van der Waals surface area contributed by atoms with E-state index < -0.39 is 6.16 Å². The Morgan fingerprint density at radius 1 is 1.45 bits per heavy atom. The molecule has 0 spiro atoms. The van der Waals surface area contributed by atoms with Crippen LogP contribution in [0, 0.1) is 0 Å². The summed E-state index contributed by atoms with van der Waals surface area (Å²) in [6, 6.07) is 0. The third-order valence-corrected chi connectivity index (χ3v) is 0.723. The predicted molar refractivity (Wildman–Crippen MR) is 41.6 cm³/mol. The van der Waals surface area contributed by atoms with Gasteiger partial charge in [0.25, 0.3) is 0 Å². The number of carboxylic acid groups (broad SMARTS) is 1. The maximum absolute atomic E-state index is 9.65. The van der Waals surface area contributed by atoms with Crippen LogP contribution in [-0.2, 0) is 4.74 Å². The highest BCUT2D eigenvalue weighted by molar-refractivity contribution is 5.56. The molecule has 0 aromatic heterocycles. The van der Waals surface area contributed by atoms with Crippen LogP contribution in [0.3, 0.4) is 0 Å². The maximum atomic E-state index is 9.65. The number of rotatable bonds is 3. The third-order valence-electron chi connectivity index (χ3n) is 0.723. The first-order chi connectivity index (χ1) is 5.18. The molecule has 0 unspecified atom stereocenters. The number of aliphatic hydroxyl groups is 1. The average molecular weight is 164 g/mol. The van der Waals surface area contributed by atoms with E-state index in [0.29, 0.717) is 6.61 Å². The van der Waals surface area contributed by atoms with Crippen LogP contribution in [0.15, 0.2) is 0 Å². The number of hydrogen-bond acceptors (Lipinski definition) is 3. The molecular formula is C7H16O4. The molecule has 0 aromatic carbocycles. The van der Waals surface area contributed by atoms with E-state index in [2.05, 4.69) is 4.74 Å². The van der Waals surface area contributed by atoms with E-state index in [1.165, 1.54) is 0 Å². The maximum Gasteiger partial charge on any atom is 0.505 e. The zero-order valence-corrected chi connectivity index (χ0v) is 7.04. The minimum absolute atomic E-state index is 0.250. The minimum atomic E-state index is -1.18. The molecule has 11 heavy (non-hydrogen) atoms. The van der Waals surface area contributed by atoms with E-state index in [-0.39, 0.29) is 6.61 Å². The normalized spacial score (nSPS) is 7.91.